The molecule has 0 aliphatic carbocycles. The van der Waals surface area contributed by atoms with Crippen molar-refractivity contribution in [3.63, 3.8) is 0 Å². The Morgan fingerprint density at radius 2 is 2.33 bits per heavy atom. The first-order chi connectivity index (χ1) is 7.43. The van der Waals surface area contributed by atoms with Crippen molar-refractivity contribution in [3.05, 3.63) is 40.5 Å². The maximum atomic E-state index is 4.14. The van der Waals surface area contributed by atoms with Crippen LogP contribution in [0.5, 0.6) is 0 Å². The Balaban J connectivity index is 2.07. The fourth-order valence-electron chi connectivity index (χ4n) is 1.54. The Morgan fingerprint density at radius 3 is 3.20 bits per heavy atom. The molecule has 0 aliphatic heterocycles. The van der Waals surface area contributed by atoms with Gasteiger partial charge in [-0.1, -0.05) is 6.07 Å². The molecular weight excluding hydrogens is 208 g/mol. The van der Waals surface area contributed by atoms with E-state index >= 15 is 0 Å². The van der Waals surface area contributed by atoms with Crippen LogP contribution in [0.3, 0.4) is 0 Å². The van der Waals surface area contributed by atoms with Gasteiger partial charge >= 0.3 is 0 Å². The van der Waals surface area contributed by atoms with E-state index in [0.29, 0.717) is 0 Å². The molecule has 3 aromatic rings. The molecule has 4 nitrogen and oxygen atoms in total. The molecule has 3 heterocycles. The van der Waals surface area contributed by atoms with E-state index in [1.165, 1.54) is 4.88 Å². The third kappa shape index (κ3) is 1.50. The quantitative estimate of drug-likeness (QED) is 0.712. The largest absolute Gasteiger partial charge is 0.276 e. The minimum absolute atomic E-state index is 0.810. The predicted octanol–water partition coefficient (Wildman–Crippen LogP) is 2.01. The number of aromatic amines is 1. The summed E-state index contributed by atoms with van der Waals surface area (Å²) < 4.78 is 0. The fourth-order valence-corrected chi connectivity index (χ4v) is 2.25. The van der Waals surface area contributed by atoms with E-state index in [4.69, 9.17) is 0 Å². The molecule has 15 heavy (non-hydrogen) atoms. The van der Waals surface area contributed by atoms with E-state index in [1.807, 2.05) is 6.07 Å². The van der Waals surface area contributed by atoms with E-state index in [0.717, 1.165) is 23.0 Å². The maximum absolute atomic E-state index is 4.14. The average molecular weight is 216 g/mol. The number of thiophene rings is 1. The van der Waals surface area contributed by atoms with Crippen molar-refractivity contribution in [2.45, 2.75) is 6.42 Å². The lowest BCUT2D eigenvalue weighted by molar-refractivity contribution is 0.956. The molecule has 0 amide bonds. The number of H-pyrrole nitrogens is 1. The van der Waals surface area contributed by atoms with Gasteiger partial charge in [0.15, 0.2) is 0 Å². The Morgan fingerprint density at radius 1 is 1.33 bits per heavy atom. The number of nitrogens with one attached hydrogen (secondary N) is 1. The Hall–Kier alpha value is -1.75. The second-order valence-corrected chi connectivity index (χ2v) is 4.28. The molecule has 1 N–H and O–H groups in total. The van der Waals surface area contributed by atoms with Gasteiger partial charge in [-0.2, -0.15) is 15.3 Å². The molecule has 0 fully saturated rings. The molecule has 0 unspecified atom stereocenters. The summed E-state index contributed by atoms with van der Waals surface area (Å²) in [6, 6.07) is 4.14. The number of nitrogens with zero attached hydrogens (tertiary/aromatic N) is 3. The number of hydrogen-bond acceptors (Lipinski definition) is 4. The molecule has 0 saturated carbocycles. The van der Waals surface area contributed by atoms with E-state index in [-0.39, 0.29) is 0 Å². The minimum atomic E-state index is 0.810. The van der Waals surface area contributed by atoms with Gasteiger partial charge in [-0.3, -0.25) is 5.10 Å². The molecule has 0 atom stereocenters. The molecule has 3 aromatic heterocycles. The van der Waals surface area contributed by atoms with Crippen LogP contribution in [0.15, 0.2) is 29.9 Å². The van der Waals surface area contributed by atoms with Crippen molar-refractivity contribution in [2.75, 3.05) is 0 Å². The summed E-state index contributed by atoms with van der Waals surface area (Å²) in [6.07, 6.45) is 4.29. The highest BCUT2D eigenvalue weighted by Crippen LogP contribution is 2.18. The molecule has 0 aliphatic rings. The van der Waals surface area contributed by atoms with Gasteiger partial charge in [0, 0.05) is 16.7 Å². The Bertz CT molecular complexity index is 570. The zero-order valence-corrected chi connectivity index (χ0v) is 8.66. The first-order valence-corrected chi connectivity index (χ1v) is 5.47. The van der Waals surface area contributed by atoms with Crippen LogP contribution in [0, 0.1) is 0 Å². The molecule has 0 aromatic carbocycles. The molecular formula is C10H8N4S. The summed E-state index contributed by atoms with van der Waals surface area (Å²) in [5.74, 6) is 0. The van der Waals surface area contributed by atoms with Crippen LogP contribution in [0.25, 0.3) is 10.9 Å². The van der Waals surface area contributed by atoms with Crippen LogP contribution in [-0.2, 0) is 6.42 Å². The van der Waals surface area contributed by atoms with Crippen LogP contribution >= 0.6 is 11.3 Å². The van der Waals surface area contributed by atoms with Gasteiger partial charge < -0.3 is 0 Å². The SMILES string of the molecule is c1csc(Cc2nncc3cn[nH]c23)c1. The van der Waals surface area contributed by atoms with Crippen LogP contribution in [0.1, 0.15) is 10.6 Å². The third-order valence-electron chi connectivity index (χ3n) is 2.25. The highest BCUT2D eigenvalue weighted by molar-refractivity contribution is 7.09. The van der Waals surface area contributed by atoms with Crippen LogP contribution < -0.4 is 0 Å². The van der Waals surface area contributed by atoms with E-state index < -0.39 is 0 Å². The first-order valence-electron chi connectivity index (χ1n) is 4.59. The summed E-state index contributed by atoms with van der Waals surface area (Å²) in [6.45, 7) is 0. The normalized spacial score (nSPS) is 10.9. The summed E-state index contributed by atoms with van der Waals surface area (Å²) in [4.78, 5) is 1.28. The summed E-state index contributed by atoms with van der Waals surface area (Å²) >= 11 is 1.73. The maximum Gasteiger partial charge on any atom is 0.0939 e. The molecule has 0 bridgehead atoms. The summed E-state index contributed by atoms with van der Waals surface area (Å²) in [5.41, 5.74) is 1.94. The summed E-state index contributed by atoms with van der Waals surface area (Å²) in [5, 5.41) is 18.1. The van der Waals surface area contributed by atoms with Gasteiger partial charge in [0.25, 0.3) is 0 Å². The molecule has 74 valence electrons. The topological polar surface area (TPSA) is 54.5 Å². The van der Waals surface area contributed by atoms with Gasteiger partial charge in [-0.15, -0.1) is 11.3 Å². The van der Waals surface area contributed by atoms with Gasteiger partial charge in [0.1, 0.15) is 0 Å². The second-order valence-electron chi connectivity index (χ2n) is 3.25. The number of rotatable bonds is 2. The highest BCUT2D eigenvalue weighted by Gasteiger charge is 2.06. The third-order valence-corrected chi connectivity index (χ3v) is 3.13. The fraction of sp³-hybridized carbons (Fsp3) is 0.100. The lowest BCUT2D eigenvalue weighted by atomic mass is 10.2. The summed E-state index contributed by atoms with van der Waals surface area (Å²) in [7, 11) is 0. The van der Waals surface area contributed by atoms with Gasteiger partial charge in [0.05, 0.1) is 23.6 Å². The zero-order valence-electron chi connectivity index (χ0n) is 7.84. The molecule has 0 spiro atoms. The van der Waals surface area contributed by atoms with Crippen molar-refractivity contribution in [2.24, 2.45) is 0 Å². The van der Waals surface area contributed by atoms with Crippen molar-refractivity contribution >= 4 is 22.2 Å². The lowest BCUT2D eigenvalue weighted by Gasteiger charge is -1.97. The second kappa shape index (κ2) is 3.43. The van der Waals surface area contributed by atoms with Crippen molar-refractivity contribution < 1.29 is 0 Å². The monoisotopic (exact) mass is 216 g/mol. The molecule has 5 heteroatoms. The zero-order chi connectivity index (χ0) is 10.1. The van der Waals surface area contributed by atoms with Crippen LogP contribution in [-0.4, -0.2) is 20.4 Å². The van der Waals surface area contributed by atoms with Crippen LogP contribution in [0.2, 0.25) is 0 Å². The number of aromatic nitrogens is 4. The predicted molar refractivity (Wildman–Crippen MR) is 58.8 cm³/mol. The van der Waals surface area contributed by atoms with Gasteiger partial charge in [0.2, 0.25) is 0 Å². The highest BCUT2D eigenvalue weighted by atomic mass is 32.1. The number of hydrogen-bond donors (Lipinski definition) is 1. The Labute approximate surface area is 90.0 Å². The Kier molecular flexibility index (Phi) is 1.96. The minimum Gasteiger partial charge on any atom is -0.276 e. The molecule has 0 saturated heterocycles. The molecule has 0 radical (unpaired) electrons. The van der Waals surface area contributed by atoms with Gasteiger partial charge in [-0.25, -0.2) is 0 Å². The lowest BCUT2D eigenvalue weighted by Crippen LogP contribution is -1.94. The first kappa shape index (κ1) is 8.55. The van der Waals surface area contributed by atoms with E-state index in [1.54, 1.807) is 23.7 Å². The standard InChI is InChI=1S/C10H8N4S/c1-2-8(15-3-1)4-9-10-7(5-11-13-9)6-12-14-10/h1-3,5-6H,4H2,(H,12,14). The smallest absolute Gasteiger partial charge is 0.0939 e. The van der Waals surface area contributed by atoms with Crippen LogP contribution in [0.4, 0.5) is 0 Å². The van der Waals surface area contributed by atoms with E-state index in [9.17, 15) is 0 Å². The van der Waals surface area contributed by atoms with Gasteiger partial charge in [-0.05, 0) is 11.4 Å². The van der Waals surface area contributed by atoms with Crippen molar-refractivity contribution in [1.82, 2.24) is 20.4 Å². The number of fused-ring (bicyclic) bond motifs is 1. The molecule has 3 rings (SSSR count). The van der Waals surface area contributed by atoms with Crippen molar-refractivity contribution in [3.8, 4) is 0 Å². The van der Waals surface area contributed by atoms with Crippen molar-refractivity contribution in [1.29, 1.82) is 0 Å². The van der Waals surface area contributed by atoms with E-state index in [2.05, 4.69) is 31.8 Å². The average Bonchev–Trinajstić information content (AvgIpc) is 2.87.